The van der Waals surface area contributed by atoms with Crippen LogP contribution < -0.4 is 15.8 Å². The summed E-state index contributed by atoms with van der Waals surface area (Å²) in [4.78, 5) is 12.0. The summed E-state index contributed by atoms with van der Waals surface area (Å²) in [6, 6.07) is 5.14. The fourth-order valence-electron chi connectivity index (χ4n) is 1.56. The third kappa shape index (κ3) is 5.20. The highest BCUT2D eigenvalue weighted by molar-refractivity contribution is 5.95. The van der Waals surface area contributed by atoms with Gasteiger partial charge in [0.1, 0.15) is 5.75 Å². The molecule has 3 N–H and O–H groups in total. The lowest BCUT2D eigenvalue weighted by molar-refractivity contribution is 0.0919. The molecule has 1 amide bonds. The number of nitrogens with one attached hydrogen (secondary N) is 1. The van der Waals surface area contributed by atoms with Crippen LogP contribution in [0, 0.1) is 0 Å². The molecule has 0 bridgehead atoms. The predicted molar refractivity (Wildman–Crippen MR) is 78.5 cm³/mol. The van der Waals surface area contributed by atoms with Crippen LogP contribution in [0.5, 0.6) is 5.75 Å². The summed E-state index contributed by atoms with van der Waals surface area (Å²) in [7, 11) is 0. The number of amides is 1. The van der Waals surface area contributed by atoms with Crippen LogP contribution in [0.4, 0.5) is 5.69 Å². The molecule has 0 unspecified atom stereocenters. The standard InChI is InChI=1S/C15H24N2O2/c1-5-6-9-19-13-8-7-11(10-12(13)16)14(18)17-15(2,3)4/h7-8,10H,5-6,9,16H2,1-4H3,(H,17,18). The fourth-order valence-corrected chi connectivity index (χ4v) is 1.56. The number of hydrogen-bond acceptors (Lipinski definition) is 3. The number of anilines is 1. The fraction of sp³-hybridized carbons (Fsp3) is 0.533. The average Bonchev–Trinajstić information content (AvgIpc) is 2.29. The molecule has 19 heavy (non-hydrogen) atoms. The smallest absolute Gasteiger partial charge is 0.251 e. The van der Waals surface area contributed by atoms with E-state index in [1.165, 1.54) is 0 Å². The molecule has 106 valence electrons. The number of ether oxygens (including phenoxy) is 1. The van der Waals surface area contributed by atoms with Crippen molar-refractivity contribution in [3.05, 3.63) is 23.8 Å². The first-order valence-electron chi connectivity index (χ1n) is 6.68. The Bertz CT molecular complexity index is 436. The Labute approximate surface area is 115 Å². The minimum absolute atomic E-state index is 0.126. The molecule has 0 heterocycles. The molecule has 4 nitrogen and oxygen atoms in total. The first-order valence-corrected chi connectivity index (χ1v) is 6.68. The Balaban J connectivity index is 2.73. The average molecular weight is 264 g/mol. The van der Waals surface area contributed by atoms with Gasteiger partial charge < -0.3 is 15.8 Å². The highest BCUT2D eigenvalue weighted by Gasteiger charge is 2.16. The van der Waals surface area contributed by atoms with Crippen molar-refractivity contribution < 1.29 is 9.53 Å². The summed E-state index contributed by atoms with van der Waals surface area (Å²) in [5.41, 5.74) is 6.69. The van der Waals surface area contributed by atoms with Crippen molar-refractivity contribution >= 4 is 11.6 Å². The van der Waals surface area contributed by atoms with Gasteiger partial charge in [-0.25, -0.2) is 0 Å². The Morgan fingerprint density at radius 1 is 1.37 bits per heavy atom. The lowest BCUT2D eigenvalue weighted by atomic mass is 10.1. The highest BCUT2D eigenvalue weighted by atomic mass is 16.5. The molecule has 0 aliphatic heterocycles. The third-order valence-electron chi connectivity index (χ3n) is 2.52. The molecule has 0 saturated carbocycles. The lowest BCUT2D eigenvalue weighted by Gasteiger charge is -2.20. The zero-order chi connectivity index (χ0) is 14.5. The number of unbranched alkanes of at least 4 members (excludes halogenated alkanes) is 1. The molecular formula is C15H24N2O2. The van der Waals surface area contributed by atoms with Gasteiger partial charge in [0.2, 0.25) is 0 Å². The highest BCUT2D eigenvalue weighted by Crippen LogP contribution is 2.23. The largest absolute Gasteiger partial charge is 0.491 e. The van der Waals surface area contributed by atoms with Crippen LogP contribution in [-0.2, 0) is 0 Å². The SMILES string of the molecule is CCCCOc1ccc(C(=O)NC(C)(C)C)cc1N. The molecule has 0 aromatic heterocycles. The van der Waals surface area contributed by atoms with Crippen LogP contribution in [-0.4, -0.2) is 18.1 Å². The predicted octanol–water partition coefficient (Wildman–Crippen LogP) is 2.98. The molecule has 1 aromatic carbocycles. The van der Waals surface area contributed by atoms with Crippen molar-refractivity contribution in [3.63, 3.8) is 0 Å². The van der Waals surface area contributed by atoms with Gasteiger partial charge in [0, 0.05) is 11.1 Å². The van der Waals surface area contributed by atoms with E-state index >= 15 is 0 Å². The molecule has 0 radical (unpaired) electrons. The van der Waals surface area contributed by atoms with Gasteiger partial charge in [-0.05, 0) is 45.4 Å². The summed E-state index contributed by atoms with van der Waals surface area (Å²) in [6.07, 6.45) is 2.07. The van der Waals surface area contributed by atoms with Crippen LogP contribution in [0.25, 0.3) is 0 Å². The van der Waals surface area contributed by atoms with Crippen molar-refractivity contribution in [2.75, 3.05) is 12.3 Å². The second-order valence-corrected chi connectivity index (χ2v) is 5.66. The third-order valence-corrected chi connectivity index (χ3v) is 2.52. The van der Waals surface area contributed by atoms with Crippen LogP contribution in [0.1, 0.15) is 50.9 Å². The second-order valence-electron chi connectivity index (χ2n) is 5.66. The number of hydrogen-bond donors (Lipinski definition) is 2. The molecule has 4 heteroatoms. The molecule has 0 aliphatic carbocycles. The van der Waals surface area contributed by atoms with Crippen LogP contribution in [0.15, 0.2) is 18.2 Å². The van der Waals surface area contributed by atoms with E-state index in [2.05, 4.69) is 12.2 Å². The van der Waals surface area contributed by atoms with Crippen molar-refractivity contribution in [3.8, 4) is 5.75 Å². The Kier molecular flexibility index (Phi) is 5.21. The number of rotatable bonds is 5. The molecule has 0 saturated heterocycles. The van der Waals surface area contributed by atoms with Gasteiger partial charge in [0.15, 0.2) is 0 Å². The topological polar surface area (TPSA) is 64.3 Å². The van der Waals surface area contributed by atoms with Gasteiger partial charge in [-0.1, -0.05) is 13.3 Å². The maximum Gasteiger partial charge on any atom is 0.251 e. The molecule has 0 aliphatic rings. The molecule has 0 fully saturated rings. The zero-order valence-corrected chi connectivity index (χ0v) is 12.2. The van der Waals surface area contributed by atoms with E-state index in [1.807, 2.05) is 20.8 Å². The van der Waals surface area contributed by atoms with Gasteiger partial charge in [-0.2, -0.15) is 0 Å². The number of carbonyl (C=O) groups excluding carboxylic acids is 1. The monoisotopic (exact) mass is 264 g/mol. The van der Waals surface area contributed by atoms with Crippen molar-refractivity contribution in [1.82, 2.24) is 5.32 Å². The van der Waals surface area contributed by atoms with E-state index in [0.717, 1.165) is 12.8 Å². The van der Waals surface area contributed by atoms with Gasteiger partial charge in [-0.3, -0.25) is 4.79 Å². The molecule has 0 spiro atoms. The molecular weight excluding hydrogens is 240 g/mol. The Hall–Kier alpha value is -1.71. The molecule has 1 rings (SSSR count). The Morgan fingerprint density at radius 3 is 2.58 bits per heavy atom. The maximum absolute atomic E-state index is 12.0. The van der Waals surface area contributed by atoms with E-state index in [-0.39, 0.29) is 11.4 Å². The summed E-state index contributed by atoms with van der Waals surface area (Å²) in [5.74, 6) is 0.514. The first kappa shape index (κ1) is 15.3. The summed E-state index contributed by atoms with van der Waals surface area (Å²) >= 11 is 0. The first-order chi connectivity index (χ1) is 8.83. The van der Waals surface area contributed by atoms with Gasteiger partial charge in [0.25, 0.3) is 5.91 Å². The van der Waals surface area contributed by atoms with E-state index in [1.54, 1.807) is 18.2 Å². The number of nitrogen functional groups attached to an aromatic ring is 1. The minimum atomic E-state index is -0.262. The van der Waals surface area contributed by atoms with Gasteiger partial charge in [-0.15, -0.1) is 0 Å². The summed E-state index contributed by atoms with van der Waals surface area (Å²) in [5, 5.41) is 2.90. The van der Waals surface area contributed by atoms with Gasteiger partial charge >= 0.3 is 0 Å². The second kappa shape index (κ2) is 6.45. The van der Waals surface area contributed by atoms with Crippen LogP contribution in [0.2, 0.25) is 0 Å². The van der Waals surface area contributed by atoms with E-state index in [9.17, 15) is 4.79 Å². The lowest BCUT2D eigenvalue weighted by Crippen LogP contribution is -2.40. The van der Waals surface area contributed by atoms with Crippen molar-refractivity contribution in [2.24, 2.45) is 0 Å². The van der Waals surface area contributed by atoms with E-state index < -0.39 is 0 Å². The molecule has 0 atom stereocenters. The van der Waals surface area contributed by atoms with E-state index in [4.69, 9.17) is 10.5 Å². The van der Waals surface area contributed by atoms with Crippen LogP contribution >= 0.6 is 0 Å². The van der Waals surface area contributed by atoms with Crippen molar-refractivity contribution in [2.45, 2.75) is 46.1 Å². The normalized spacial score (nSPS) is 11.2. The number of carbonyl (C=O) groups is 1. The van der Waals surface area contributed by atoms with Crippen LogP contribution in [0.3, 0.4) is 0 Å². The van der Waals surface area contributed by atoms with E-state index in [0.29, 0.717) is 23.6 Å². The zero-order valence-electron chi connectivity index (χ0n) is 12.2. The maximum atomic E-state index is 12.0. The minimum Gasteiger partial charge on any atom is -0.491 e. The number of benzene rings is 1. The number of nitrogens with two attached hydrogens (primary N) is 1. The van der Waals surface area contributed by atoms with Crippen molar-refractivity contribution in [1.29, 1.82) is 0 Å². The van der Waals surface area contributed by atoms with Gasteiger partial charge in [0.05, 0.1) is 12.3 Å². The quantitative estimate of drug-likeness (QED) is 0.634. The summed E-state index contributed by atoms with van der Waals surface area (Å²) < 4.78 is 5.56. The summed E-state index contributed by atoms with van der Waals surface area (Å²) in [6.45, 7) is 8.57. The molecule has 1 aromatic rings. The Morgan fingerprint density at radius 2 is 2.05 bits per heavy atom.